The molecule has 24 heavy (non-hydrogen) atoms. The van der Waals surface area contributed by atoms with E-state index >= 15 is 0 Å². The summed E-state index contributed by atoms with van der Waals surface area (Å²) in [4.78, 5) is 19.1. The first-order valence-electron chi connectivity index (χ1n) is 7.22. The molecule has 7 heteroatoms. The summed E-state index contributed by atoms with van der Waals surface area (Å²) in [5.74, 6) is 0.121. The van der Waals surface area contributed by atoms with Crippen LogP contribution in [0.1, 0.15) is 5.56 Å². The monoisotopic (exact) mass is 357 g/mol. The van der Waals surface area contributed by atoms with E-state index in [1.54, 1.807) is 23.7 Å². The van der Waals surface area contributed by atoms with Crippen molar-refractivity contribution in [2.24, 2.45) is 0 Å². The van der Waals surface area contributed by atoms with Crippen LogP contribution in [0.15, 0.2) is 46.7 Å². The highest BCUT2D eigenvalue weighted by molar-refractivity contribution is 7.16. The number of anilines is 1. The fourth-order valence-corrected chi connectivity index (χ4v) is 3.52. The summed E-state index contributed by atoms with van der Waals surface area (Å²) >= 11 is 7.46. The lowest BCUT2D eigenvalue weighted by Gasteiger charge is -2.08. The van der Waals surface area contributed by atoms with E-state index in [1.807, 2.05) is 18.2 Å². The van der Waals surface area contributed by atoms with Gasteiger partial charge in [0, 0.05) is 39.8 Å². The van der Waals surface area contributed by atoms with Gasteiger partial charge in [-0.25, -0.2) is 4.98 Å². The van der Waals surface area contributed by atoms with Crippen LogP contribution in [-0.4, -0.2) is 15.1 Å². The van der Waals surface area contributed by atoms with Gasteiger partial charge in [0.05, 0.1) is 10.2 Å². The summed E-state index contributed by atoms with van der Waals surface area (Å²) in [7, 11) is 0. The lowest BCUT2D eigenvalue weighted by atomic mass is 10.1. The molecule has 0 aliphatic heterocycles. The van der Waals surface area contributed by atoms with Crippen molar-refractivity contribution in [2.75, 3.05) is 5.32 Å². The van der Waals surface area contributed by atoms with Crippen molar-refractivity contribution in [1.82, 2.24) is 9.97 Å². The summed E-state index contributed by atoms with van der Waals surface area (Å²) in [6.07, 6.45) is 0. The lowest BCUT2D eigenvalue weighted by molar-refractivity contribution is 0.481. The number of phenols is 1. The highest BCUT2D eigenvalue weighted by Crippen LogP contribution is 2.30. The Hall–Kier alpha value is -2.57. The number of nitrogens with zero attached hydrogens (tertiary/aromatic N) is 1. The maximum atomic E-state index is 12.2. The Bertz CT molecular complexity index is 1120. The smallest absolute Gasteiger partial charge is 0.253 e. The molecule has 0 spiro atoms. The van der Waals surface area contributed by atoms with Crippen LogP contribution in [0.25, 0.3) is 21.1 Å². The quantitative estimate of drug-likeness (QED) is 0.515. The summed E-state index contributed by atoms with van der Waals surface area (Å²) in [6, 6.07) is 10.7. The van der Waals surface area contributed by atoms with Gasteiger partial charge < -0.3 is 15.4 Å². The molecule has 0 bridgehead atoms. The summed E-state index contributed by atoms with van der Waals surface area (Å²) in [5, 5.41) is 14.7. The third-order valence-corrected chi connectivity index (χ3v) is 4.79. The van der Waals surface area contributed by atoms with Crippen LogP contribution in [0.4, 0.5) is 5.69 Å². The molecule has 120 valence electrons. The number of phenolic OH excluding ortho intramolecular Hbond substituents is 1. The van der Waals surface area contributed by atoms with Gasteiger partial charge in [0.2, 0.25) is 0 Å². The second-order valence-electron chi connectivity index (χ2n) is 5.40. The molecule has 3 N–H and O–H groups in total. The SMILES string of the molecule is O=c1[nH]c2ccc(Cl)cc2cc1CNc1cc(O)c2ncsc2c1. The number of halogens is 1. The number of hydrogen-bond acceptors (Lipinski definition) is 5. The van der Waals surface area contributed by atoms with Crippen molar-refractivity contribution in [2.45, 2.75) is 6.54 Å². The van der Waals surface area contributed by atoms with Crippen LogP contribution < -0.4 is 10.9 Å². The Morgan fingerprint density at radius 2 is 2.12 bits per heavy atom. The lowest BCUT2D eigenvalue weighted by Crippen LogP contribution is -2.15. The van der Waals surface area contributed by atoms with Crippen LogP contribution in [0.2, 0.25) is 5.02 Å². The summed E-state index contributed by atoms with van der Waals surface area (Å²) in [6.45, 7) is 0.335. The highest BCUT2D eigenvalue weighted by Gasteiger charge is 2.07. The minimum Gasteiger partial charge on any atom is -0.506 e. The van der Waals surface area contributed by atoms with Crippen molar-refractivity contribution in [3.8, 4) is 5.75 Å². The number of H-pyrrole nitrogens is 1. The number of rotatable bonds is 3. The molecule has 2 aromatic carbocycles. The zero-order chi connectivity index (χ0) is 16.7. The average Bonchev–Trinajstić information content (AvgIpc) is 3.02. The molecule has 0 saturated carbocycles. The van der Waals surface area contributed by atoms with E-state index in [0.717, 1.165) is 21.3 Å². The van der Waals surface area contributed by atoms with Crippen molar-refractivity contribution in [1.29, 1.82) is 0 Å². The molecule has 0 atom stereocenters. The molecule has 0 radical (unpaired) electrons. The average molecular weight is 358 g/mol. The molecular formula is C17H12ClN3O2S. The Kier molecular flexibility index (Phi) is 3.63. The van der Waals surface area contributed by atoms with Gasteiger partial charge in [-0.15, -0.1) is 11.3 Å². The van der Waals surface area contributed by atoms with E-state index in [9.17, 15) is 9.90 Å². The van der Waals surface area contributed by atoms with Crippen LogP contribution in [-0.2, 0) is 6.54 Å². The number of aromatic nitrogens is 2. The zero-order valence-corrected chi connectivity index (χ0v) is 13.9. The molecule has 5 nitrogen and oxygen atoms in total. The minimum absolute atomic E-state index is 0.121. The Morgan fingerprint density at radius 3 is 3.00 bits per heavy atom. The third kappa shape index (κ3) is 2.70. The molecule has 4 aromatic rings. The highest BCUT2D eigenvalue weighted by atomic mass is 35.5. The van der Waals surface area contributed by atoms with E-state index in [-0.39, 0.29) is 11.3 Å². The number of benzene rings is 2. The van der Waals surface area contributed by atoms with E-state index in [4.69, 9.17) is 11.6 Å². The second-order valence-corrected chi connectivity index (χ2v) is 6.73. The number of aromatic amines is 1. The number of aromatic hydroxyl groups is 1. The van der Waals surface area contributed by atoms with E-state index in [1.165, 1.54) is 11.3 Å². The van der Waals surface area contributed by atoms with Crippen molar-refractivity contribution in [3.05, 3.63) is 62.8 Å². The number of pyridine rings is 1. The van der Waals surface area contributed by atoms with Crippen molar-refractivity contribution in [3.63, 3.8) is 0 Å². The Morgan fingerprint density at radius 1 is 1.25 bits per heavy atom. The molecule has 2 heterocycles. The van der Waals surface area contributed by atoms with Gasteiger partial charge in [0.1, 0.15) is 11.3 Å². The molecule has 0 fully saturated rings. The Balaban J connectivity index is 1.65. The maximum absolute atomic E-state index is 12.2. The van der Waals surface area contributed by atoms with Gasteiger partial charge in [-0.1, -0.05) is 11.6 Å². The number of fused-ring (bicyclic) bond motifs is 2. The van der Waals surface area contributed by atoms with Crippen molar-refractivity contribution >= 4 is 49.7 Å². The fraction of sp³-hybridized carbons (Fsp3) is 0.0588. The normalized spacial score (nSPS) is 11.2. The van der Waals surface area contributed by atoms with E-state index < -0.39 is 0 Å². The van der Waals surface area contributed by atoms with Crippen LogP contribution >= 0.6 is 22.9 Å². The first-order valence-corrected chi connectivity index (χ1v) is 8.47. The number of hydrogen-bond donors (Lipinski definition) is 3. The molecular weight excluding hydrogens is 346 g/mol. The molecule has 0 saturated heterocycles. The van der Waals surface area contributed by atoms with Gasteiger partial charge in [0.15, 0.2) is 0 Å². The maximum Gasteiger partial charge on any atom is 0.253 e. The van der Waals surface area contributed by atoms with E-state index in [2.05, 4.69) is 15.3 Å². The van der Waals surface area contributed by atoms with Gasteiger partial charge in [-0.2, -0.15) is 0 Å². The molecule has 0 aliphatic carbocycles. The van der Waals surface area contributed by atoms with Gasteiger partial charge in [-0.05, 0) is 30.3 Å². The van der Waals surface area contributed by atoms with Crippen LogP contribution in [0.5, 0.6) is 5.75 Å². The topological polar surface area (TPSA) is 78.0 Å². The van der Waals surface area contributed by atoms with Gasteiger partial charge in [0.25, 0.3) is 5.56 Å². The van der Waals surface area contributed by atoms with Gasteiger partial charge >= 0.3 is 0 Å². The molecule has 4 rings (SSSR count). The second kappa shape index (κ2) is 5.81. The largest absolute Gasteiger partial charge is 0.506 e. The predicted octanol–water partition coefficient (Wildman–Crippen LogP) is 4.11. The first kappa shape index (κ1) is 15.0. The predicted molar refractivity (Wildman–Crippen MR) is 98.2 cm³/mol. The summed E-state index contributed by atoms with van der Waals surface area (Å²) < 4.78 is 0.886. The first-order chi connectivity index (χ1) is 11.6. The van der Waals surface area contributed by atoms with Crippen molar-refractivity contribution < 1.29 is 5.11 Å². The number of nitrogens with one attached hydrogen (secondary N) is 2. The summed E-state index contributed by atoms with van der Waals surface area (Å²) in [5.41, 5.74) is 4.19. The number of thiazole rings is 1. The van der Waals surface area contributed by atoms with Crippen LogP contribution in [0, 0.1) is 0 Å². The minimum atomic E-state index is -0.152. The fourth-order valence-electron chi connectivity index (χ4n) is 2.60. The third-order valence-electron chi connectivity index (χ3n) is 3.78. The van der Waals surface area contributed by atoms with E-state index in [0.29, 0.717) is 22.6 Å². The zero-order valence-electron chi connectivity index (χ0n) is 12.3. The molecule has 0 amide bonds. The molecule has 0 aliphatic rings. The van der Waals surface area contributed by atoms with Crippen LogP contribution in [0.3, 0.4) is 0 Å². The standard InChI is InChI=1S/C17H12ClN3O2S/c18-11-1-2-13-9(4-11)3-10(17(23)21-13)7-19-12-5-14(22)16-15(6-12)24-8-20-16/h1-6,8,19,22H,7H2,(H,21,23). The molecule has 2 aromatic heterocycles. The Labute approximate surface area is 145 Å². The molecule has 0 unspecified atom stereocenters. The van der Waals surface area contributed by atoms with Gasteiger partial charge in [-0.3, -0.25) is 4.79 Å².